The number of ether oxygens (including phenoxy) is 1. The van der Waals surface area contributed by atoms with E-state index in [2.05, 4.69) is 0 Å². The number of rotatable bonds is 6. The molecule has 1 aromatic carbocycles. The van der Waals surface area contributed by atoms with Crippen LogP contribution in [0.2, 0.25) is 0 Å². The van der Waals surface area contributed by atoms with Crippen molar-refractivity contribution in [2.24, 2.45) is 0 Å². The van der Waals surface area contributed by atoms with E-state index in [1.165, 1.54) is 6.07 Å². The number of carbonyl (C=O) groups is 2. The Morgan fingerprint density at radius 1 is 1.33 bits per heavy atom. The van der Waals surface area contributed by atoms with Crippen LogP contribution in [0.15, 0.2) is 24.3 Å². The van der Waals surface area contributed by atoms with Gasteiger partial charge in [-0.3, -0.25) is 4.79 Å². The van der Waals surface area contributed by atoms with Gasteiger partial charge in [0.05, 0.1) is 17.7 Å². The lowest BCUT2D eigenvalue weighted by Gasteiger charge is -2.16. The molecular formula is C13H14F3NO4. The van der Waals surface area contributed by atoms with E-state index in [1.54, 1.807) is 6.92 Å². The van der Waals surface area contributed by atoms with Gasteiger partial charge in [-0.2, -0.15) is 13.2 Å². The number of alkyl halides is 3. The number of carbonyl (C=O) groups excluding carboxylic acids is 1. The second kappa shape index (κ2) is 7.07. The second-order valence-electron chi connectivity index (χ2n) is 4.07. The van der Waals surface area contributed by atoms with Crippen LogP contribution in [-0.2, 0) is 15.7 Å². The first kappa shape index (κ1) is 17.0. The van der Waals surface area contributed by atoms with Gasteiger partial charge in [0.1, 0.15) is 0 Å². The molecule has 116 valence electrons. The van der Waals surface area contributed by atoms with E-state index >= 15 is 0 Å². The summed E-state index contributed by atoms with van der Waals surface area (Å²) in [6.45, 7) is 1.52. The zero-order chi connectivity index (χ0) is 16.0. The Morgan fingerprint density at radius 3 is 2.48 bits per heavy atom. The summed E-state index contributed by atoms with van der Waals surface area (Å²) in [5.74, 6) is -2.50. The number of benzene rings is 1. The molecular weight excluding hydrogens is 291 g/mol. The summed E-state index contributed by atoms with van der Waals surface area (Å²) in [6, 6.07) is 2.74. The molecule has 0 aromatic heterocycles. The first-order valence-corrected chi connectivity index (χ1v) is 6.05. The van der Waals surface area contributed by atoms with Gasteiger partial charge in [-0.15, -0.1) is 0 Å². The summed E-state index contributed by atoms with van der Waals surface area (Å²) in [6.07, 6.45) is -4.70. The second-order valence-corrected chi connectivity index (χ2v) is 4.07. The summed E-state index contributed by atoms with van der Waals surface area (Å²) in [4.78, 5) is 22.8. The Bertz CT molecular complexity index is 516. The minimum Gasteiger partial charge on any atom is -0.480 e. The molecule has 1 rings (SSSR count). The first-order chi connectivity index (χ1) is 9.77. The maximum absolute atomic E-state index is 12.8. The molecule has 0 heterocycles. The fraction of sp³-hybridized carbons (Fsp3) is 0.385. The monoisotopic (exact) mass is 305 g/mol. The van der Waals surface area contributed by atoms with Crippen LogP contribution in [-0.4, -0.2) is 36.2 Å². The number of nitrogens with one attached hydrogen (secondary N) is 1. The largest absolute Gasteiger partial charge is 0.480 e. The summed E-state index contributed by atoms with van der Waals surface area (Å²) >= 11 is 0. The number of carboxylic acid groups (broad SMARTS) is 1. The lowest BCUT2D eigenvalue weighted by molar-refractivity contribution is -0.140. The summed E-state index contributed by atoms with van der Waals surface area (Å²) < 4.78 is 43.2. The van der Waals surface area contributed by atoms with Crippen LogP contribution < -0.4 is 5.32 Å². The summed E-state index contributed by atoms with van der Waals surface area (Å²) in [5, 5.41) is 10.9. The maximum atomic E-state index is 12.8. The lowest BCUT2D eigenvalue weighted by Crippen LogP contribution is -2.44. The van der Waals surface area contributed by atoms with Crippen LogP contribution >= 0.6 is 0 Å². The number of hydrogen-bond donors (Lipinski definition) is 2. The van der Waals surface area contributed by atoms with Crippen LogP contribution in [0.1, 0.15) is 22.8 Å². The van der Waals surface area contributed by atoms with Crippen molar-refractivity contribution in [1.82, 2.24) is 5.32 Å². The standard InChI is InChI=1S/C13H14F3NO4/c1-2-21-7-10(12(19)20)17-11(18)8-5-3-4-6-9(8)13(14,15)16/h3-6,10H,2,7H2,1H3,(H,17,18)(H,19,20). The van der Waals surface area contributed by atoms with Crippen LogP contribution in [0.25, 0.3) is 0 Å². The van der Waals surface area contributed by atoms with Crippen LogP contribution in [0.3, 0.4) is 0 Å². The molecule has 0 aliphatic carbocycles. The average Bonchev–Trinajstić information content (AvgIpc) is 2.42. The molecule has 1 atom stereocenters. The number of halogens is 3. The van der Waals surface area contributed by atoms with Crippen molar-refractivity contribution in [2.75, 3.05) is 13.2 Å². The SMILES string of the molecule is CCOCC(NC(=O)c1ccccc1C(F)(F)F)C(=O)O. The third-order valence-corrected chi connectivity index (χ3v) is 2.57. The van der Waals surface area contributed by atoms with Gasteiger partial charge in [0.15, 0.2) is 6.04 Å². The third-order valence-electron chi connectivity index (χ3n) is 2.57. The molecule has 21 heavy (non-hydrogen) atoms. The Hall–Kier alpha value is -2.09. The zero-order valence-corrected chi connectivity index (χ0v) is 11.1. The molecule has 8 heteroatoms. The predicted molar refractivity (Wildman–Crippen MR) is 66.8 cm³/mol. The average molecular weight is 305 g/mol. The summed E-state index contributed by atoms with van der Waals surface area (Å²) in [7, 11) is 0. The molecule has 1 aromatic rings. The van der Waals surface area contributed by atoms with E-state index in [9.17, 15) is 22.8 Å². The molecule has 0 spiro atoms. The number of amides is 1. The minimum absolute atomic E-state index is 0.221. The van der Waals surface area contributed by atoms with E-state index in [4.69, 9.17) is 9.84 Å². The molecule has 0 aliphatic heterocycles. The van der Waals surface area contributed by atoms with Gasteiger partial charge < -0.3 is 15.2 Å². The zero-order valence-electron chi connectivity index (χ0n) is 11.1. The smallest absolute Gasteiger partial charge is 0.417 e. The molecule has 1 amide bonds. The van der Waals surface area contributed by atoms with Crippen molar-refractivity contribution in [3.63, 3.8) is 0 Å². The van der Waals surface area contributed by atoms with Crippen molar-refractivity contribution in [3.8, 4) is 0 Å². The van der Waals surface area contributed by atoms with Crippen LogP contribution in [0.4, 0.5) is 13.2 Å². The van der Waals surface area contributed by atoms with Gasteiger partial charge in [0.2, 0.25) is 0 Å². The highest BCUT2D eigenvalue weighted by molar-refractivity contribution is 5.98. The van der Waals surface area contributed by atoms with Gasteiger partial charge >= 0.3 is 12.1 Å². The Kier molecular flexibility index (Phi) is 5.71. The molecule has 0 aliphatic rings. The molecule has 0 saturated carbocycles. The predicted octanol–water partition coefficient (Wildman–Crippen LogP) is 1.92. The highest BCUT2D eigenvalue weighted by Gasteiger charge is 2.35. The number of carboxylic acids is 1. The Morgan fingerprint density at radius 2 is 1.95 bits per heavy atom. The third kappa shape index (κ3) is 4.75. The fourth-order valence-electron chi connectivity index (χ4n) is 1.57. The minimum atomic E-state index is -4.70. The highest BCUT2D eigenvalue weighted by atomic mass is 19.4. The first-order valence-electron chi connectivity index (χ1n) is 6.05. The topological polar surface area (TPSA) is 75.6 Å². The Balaban J connectivity index is 2.96. The van der Waals surface area contributed by atoms with E-state index < -0.39 is 35.2 Å². The van der Waals surface area contributed by atoms with Crippen LogP contribution in [0, 0.1) is 0 Å². The van der Waals surface area contributed by atoms with Crippen molar-refractivity contribution in [3.05, 3.63) is 35.4 Å². The van der Waals surface area contributed by atoms with Crippen molar-refractivity contribution < 1.29 is 32.6 Å². The highest BCUT2D eigenvalue weighted by Crippen LogP contribution is 2.31. The molecule has 2 N–H and O–H groups in total. The van der Waals surface area contributed by atoms with Gasteiger partial charge in [-0.1, -0.05) is 12.1 Å². The molecule has 0 fully saturated rings. The van der Waals surface area contributed by atoms with Crippen molar-refractivity contribution in [1.29, 1.82) is 0 Å². The Labute approximate surface area is 118 Å². The summed E-state index contributed by atoms with van der Waals surface area (Å²) in [5.41, 5.74) is -1.75. The number of hydrogen-bond acceptors (Lipinski definition) is 3. The lowest BCUT2D eigenvalue weighted by atomic mass is 10.1. The van der Waals surface area contributed by atoms with Crippen molar-refractivity contribution in [2.45, 2.75) is 19.1 Å². The molecule has 0 bridgehead atoms. The maximum Gasteiger partial charge on any atom is 0.417 e. The normalized spacial score (nSPS) is 12.8. The van der Waals surface area contributed by atoms with Gasteiger partial charge in [0, 0.05) is 6.61 Å². The van der Waals surface area contributed by atoms with E-state index in [-0.39, 0.29) is 13.2 Å². The molecule has 0 saturated heterocycles. The van der Waals surface area contributed by atoms with Gasteiger partial charge in [0.25, 0.3) is 5.91 Å². The van der Waals surface area contributed by atoms with Crippen LogP contribution in [0.5, 0.6) is 0 Å². The van der Waals surface area contributed by atoms with E-state index in [0.29, 0.717) is 0 Å². The van der Waals surface area contributed by atoms with Gasteiger partial charge in [-0.25, -0.2) is 4.79 Å². The van der Waals surface area contributed by atoms with E-state index in [1.807, 2.05) is 5.32 Å². The van der Waals surface area contributed by atoms with Gasteiger partial charge in [-0.05, 0) is 19.1 Å². The quantitative estimate of drug-likeness (QED) is 0.842. The van der Waals surface area contributed by atoms with E-state index in [0.717, 1.165) is 18.2 Å². The molecule has 1 unspecified atom stereocenters. The molecule has 0 radical (unpaired) electrons. The number of aliphatic carboxylic acids is 1. The fourth-order valence-corrected chi connectivity index (χ4v) is 1.57. The van der Waals surface area contributed by atoms with Crippen molar-refractivity contribution >= 4 is 11.9 Å². The molecule has 5 nitrogen and oxygen atoms in total.